The van der Waals surface area contributed by atoms with Gasteiger partial charge in [0.15, 0.2) is 0 Å². The van der Waals surface area contributed by atoms with Crippen LogP contribution in [0.5, 0.6) is 0 Å². The predicted octanol–water partition coefficient (Wildman–Crippen LogP) is 3.17. The summed E-state index contributed by atoms with van der Waals surface area (Å²) in [6.07, 6.45) is 0. The number of hydrogen-bond donors (Lipinski definition) is 1. The number of nitrogens with zero attached hydrogens (tertiary/aromatic N) is 1. The van der Waals surface area contributed by atoms with E-state index in [1.165, 1.54) is 34.7 Å². The highest BCUT2D eigenvalue weighted by Gasteiger charge is 2.16. The third-order valence-corrected chi connectivity index (χ3v) is 5.10. The Hall–Kier alpha value is -2.90. The predicted molar refractivity (Wildman–Crippen MR) is 102 cm³/mol. The zero-order valence-electron chi connectivity index (χ0n) is 15.0. The van der Waals surface area contributed by atoms with Crippen LogP contribution >= 0.6 is 0 Å². The summed E-state index contributed by atoms with van der Waals surface area (Å²) < 4.78 is 28.4. The van der Waals surface area contributed by atoms with Gasteiger partial charge in [0.25, 0.3) is 5.91 Å². The Morgan fingerprint density at radius 3 is 2.22 bits per heavy atom. The van der Waals surface area contributed by atoms with Gasteiger partial charge in [-0.1, -0.05) is 29.8 Å². The van der Waals surface area contributed by atoms with Crippen LogP contribution in [-0.2, 0) is 16.6 Å². The second-order valence-corrected chi connectivity index (χ2v) is 7.92. The van der Waals surface area contributed by atoms with Crippen molar-refractivity contribution in [3.05, 3.63) is 77.6 Å². The lowest BCUT2D eigenvalue weighted by atomic mass is 10.1. The maximum atomic E-state index is 12.5. The van der Waals surface area contributed by atoms with Crippen molar-refractivity contribution >= 4 is 15.9 Å². The molecule has 0 aliphatic rings. The molecule has 1 heterocycles. The molecular formula is C20H20N2O4S. The van der Waals surface area contributed by atoms with Crippen LogP contribution in [0.3, 0.4) is 0 Å². The van der Waals surface area contributed by atoms with Crippen molar-refractivity contribution in [2.24, 2.45) is 5.14 Å². The summed E-state index contributed by atoms with van der Waals surface area (Å²) in [5.41, 5.74) is 2.51. The molecule has 0 unspecified atom stereocenters. The molecule has 0 saturated heterocycles. The number of hydrogen-bond acceptors (Lipinski definition) is 4. The Labute approximate surface area is 158 Å². The van der Waals surface area contributed by atoms with Crippen molar-refractivity contribution in [1.82, 2.24) is 4.90 Å². The van der Waals surface area contributed by atoms with Gasteiger partial charge >= 0.3 is 0 Å². The molecule has 0 spiro atoms. The van der Waals surface area contributed by atoms with Gasteiger partial charge < -0.3 is 9.32 Å². The number of amides is 1. The van der Waals surface area contributed by atoms with Crippen molar-refractivity contribution < 1.29 is 17.6 Å². The van der Waals surface area contributed by atoms with Gasteiger partial charge in [-0.15, -0.1) is 0 Å². The Morgan fingerprint density at radius 1 is 1.00 bits per heavy atom. The van der Waals surface area contributed by atoms with Crippen LogP contribution in [0, 0.1) is 6.92 Å². The second kappa shape index (κ2) is 7.38. The standard InChI is InChI=1S/C20H20N2O4S/c1-14-3-5-15(6-4-14)19-12-9-17(26-19)13-22(2)20(23)16-7-10-18(11-8-16)27(21,24)25/h3-12H,13H2,1-2H3,(H2,21,24,25). The van der Waals surface area contributed by atoms with Crippen molar-refractivity contribution in [3.63, 3.8) is 0 Å². The lowest BCUT2D eigenvalue weighted by Gasteiger charge is -2.16. The summed E-state index contributed by atoms with van der Waals surface area (Å²) in [5.74, 6) is 1.15. The first-order valence-electron chi connectivity index (χ1n) is 8.28. The van der Waals surface area contributed by atoms with Crippen LogP contribution in [0.15, 0.2) is 70.0 Å². The Kier molecular flexibility index (Phi) is 5.16. The minimum Gasteiger partial charge on any atom is -0.459 e. The van der Waals surface area contributed by atoms with Crippen LogP contribution in [0.4, 0.5) is 0 Å². The molecule has 0 fully saturated rings. The molecule has 2 aromatic carbocycles. The summed E-state index contributed by atoms with van der Waals surface area (Å²) in [7, 11) is -2.12. The first-order chi connectivity index (χ1) is 12.7. The van der Waals surface area contributed by atoms with Crippen LogP contribution < -0.4 is 5.14 Å². The third kappa shape index (κ3) is 4.45. The van der Waals surface area contributed by atoms with Crippen molar-refractivity contribution in [1.29, 1.82) is 0 Å². The molecule has 2 N–H and O–H groups in total. The maximum absolute atomic E-state index is 12.5. The van der Waals surface area contributed by atoms with E-state index in [0.29, 0.717) is 17.9 Å². The monoisotopic (exact) mass is 384 g/mol. The van der Waals surface area contributed by atoms with E-state index in [4.69, 9.17) is 9.56 Å². The number of nitrogens with two attached hydrogens (primary N) is 1. The molecule has 6 nitrogen and oxygen atoms in total. The average molecular weight is 384 g/mol. The molecule has 0 aliphatic heterocycles. The highest BCUT2D eigenvalue weighted by molar-refractivity contribution is 7.89. The van der Waals surface area contributed by atoms with Crippen molar-refractivity contribution in [3.8, 4) is 11.3 Å². The normalized spacial score (nSPS) is 11.4. The molecule has 0 saturated carbocycles. The molecule has 1 amide bonds. The van der Waals surface area contributed by atoms with Gasteiger partial charge in [-0.25, -0.2) is 13.6 Å². The van der Waals surface area contributed by atoms with Gasteiger partial charge in [0.2, 0.25) is 10.0 Å². The van der Waals surface area contributed by atoms with Crippen LogP contribution in [0.2, 0.25) is 0 Å². The highest BCUT2D eigenvalue weighted by Crippen LogP contribution is 2.23. The summed E-state index contributed by atoms with van der Waals surface area (Å²) in [5, 5.41) is 5.07. The molecule has 140 valence electrons. The number of carbonyl (C=O) groups excluding carboxylic acids is 1. The quantitative estimate of drug-likeness (QED) is 0.731. The second-order valence-electron chi connectivity index (χ2n) is 6.36. The lowest BCUT2D eigenvalue weighted by molar-refractivity contribution is 0.0775. The lowest BCUT2D eigenvalue weighted by Crippen LogP contribution is -2.26. The van der Waals surface area contributed by atoms with Gasteiger partial charge in [-0.2, -0.15) is 0 Å². The number of rotatable bonds is 5. The Bertz CT molecular complexity index is 1050. The molecule has 27 heavy (non-hydrogen) atoms. The number of furan rings is 1. The van der Waals surface area contributed by atoms with E-state index in [2.05, 4.69) is 0 Å². The van der Waals surface area contributed by atoms with Gasteiger partial charge in [-0.05, 0) is 43.3 Å². The fourth-order valence-corrected chi connectivity index (χ4v) is 3.16. The summed E-state index contributed by atoms with van der Waals surface area (Å²) in [4.78, 5) is 14.0. The fourth-order valence-electron chi connectivity index (χ4n) is 2.65. The van der Waals surface area contributed by atoms with Crippen molar-refractivity contribution in [2.75, 3.05) is 7.05 Å². The number of aryl methyl sites for hydroxylation is 1. The molecule has 0 aliphatic carbocycles. The zero-order chi connectivity index (χ0) is 19.6. The molecule has 0 atom stereocenters. The van der Waals surface area contributed by atoms with E-state index >= 15 is 0 Å². The van der Waals surface area contributed by atoms with Crippen LogP contribution in [-0.4, -0.2) is 26.3 Å². The SMILES string of the molecule is Cc1ccc(-c2ccc(CN(C)C(=O)c3ccc(S(N)(=O)=O)cc3)o2)cc1. The van der Waals surface area contributed by atoms with Gasteiger partial charge in [0.05, 0.1) is 11.4 Å². The molecule has 3 aromatic rings. The molecular weight excluding hydrogens is 364 g/mol. The van der Waals surface area contributed by atoms with E-state index in [1.54, 1.807) is 7.05 Å². The van der Waals surface area contributed by atoms with Crippen LogP contribution in [0.1, 0.15) is 21.7 Å². The van der Waals surface area contributed by atoms with Gasteiger partial charge in [0, 0.05) is 18.2 Å². The van der Waals surface area contributed by atoms with E-state index in [0.717, 1.165) is 11.3 Å². The van der Waals surface area contributed by atoms with E-state index in [1.807, 2.05) is 43.3 Å². The third-order valence-electron chi connectivity index (χ3n) is 4.17. The topological polar surface area (TPSA) is 93.6 Å². The van der Waals surface area contributed by atoms with E-state index in [9.17, 15) is 13.2 Å². The Morgan fingerprint density at radius 2 is 1.63 bits per heavy atom. The number of benzene rings is 2. The summed E-state index contributed by atoms with van der Waals surface area (Å²) in [6.45, 7) is 2.31. The van der Waals surface area contributed by atoms with Gasteiger partial charge in [-0.3, -0.25) is 4.79 Å². The number of carbonyl (C=O) groups is 1. The molecule has 0 bridgehead atoms. The van der Waals surface area contributed by atoms with Crippen molar-refractivity contribution in [2.45, 2.75) is 18.4 Å². The first-order valence-corrected chi connectivity index (χ1v) is 9.83. The molecule has 0 radical (unpaired) electrons. The number of primary sulfonamides is 1. The summed E-state index contributed by atoms with van der Waals surface area (Å²) >= 11 is 0. The number of sulfonamides is 1. The van der Waals surface area contributed by atoms with Gasteiger partial charge in [0.1, 0.15) is 11.5 Å². The largest absolute Gasteiger partial charge is 0.459 e. The minimum absolute atomic E-state index is 0.0320. The maximum Gasteiger partial charge on any atom is 0.254 e. The fraction of sp³-hybridized carbons (Fsp3) is 0.150. The zero-order valence-corrected chi connectivity index (χ0v) is 15.9. The average Bonchev–Trinajstić information content (AvgIpc) is 3.09. The van der Waals surface area contributed by atoms with Crippen LogP contribution in [0.25, 0.3) is 11.3 Å². The molecule has 1 aromatic heterocycles. The van der Waals surface area contributed by atoms with E-state index < -0.39 is 10.0 Å². The highest BCUT2D eigenvalue weighted by atomic mass is 32.2. The molecule has 7 heteroatoms. The first kappa shape index (κ1) is 18.9. The Balaban J connectivity index is 1.70. The molecule has 3 rings (SSSR count). The smallest absolute Gasteiger partial charge is 0.254 e. The summed E-state index contributed by atoms with van der Waals surface area (Å²) in [6, 6.07) is 17.2. The minimum atomic E-state index is -3.78. The van der Waals surface area contributed by atoms with E-state index in [-0.39, 0.29) is 10.8 Å².